The van der Waals surface area contributed by atoms with Crippen LogP contribution in [-0.4, -0.2) is 17.6 Å². The van der Waals surface area contributed by atoms with E-state index in [1.54, 1.807) is 6.07 Å². The zero-order valence-electron chi connectivity index (χ0n) is 11.0. The zero-order chi connectivity index (χ0) is 13.8. The average molecular weight is 259 g/mol. The molecule has 0 aliphatic rings. The summed E-state index contributed by atoms with van der Waals surface area (Å²) in [5.74, 6) is -0.177. The van der Waals surface area contributed by atoms with E-state index in [1.165, 1.54) is 12.5 Å². The van der Waals surface area contributed by atoms with Crippen LogP contribution in [0.15, 0.2) is 41.2 Å². The second-order valence-corrected chi connectivity index (χ2v) is 4.60. The fourth-order valence-corrected chi connectivity index (χ4v) is 1.85. The number of aryl methyl sites for hydroxylation is 2. The smallest absolute Gasteiger partial charge is 0.251 e. The van der Waals surface area contributed by atoms with Crippen LogP contribution in [0, 0.1) is 13.8 Å². The van der Waals surface area contributed by atoms with Gasteiger partial charge in [-0.25, -0.2) is 0 Å². The molecule has 0 aliphatic carbocycles. The molecule has 0 bridgehead atoms. The average Bonchev–Trinajstić information content (AvgIpc) is 2.92. The van der Waals surface area contributed by atoms with Crippen LogP contribution in [0.5, 0.6) is 0 Å². The summed E-state index contributed by atoms with van der Waals surface area (Å²) in [5.41, 5.74) is 3.24. The molecule has 1 atom stereocenters. The second kappa shape index (κ2) is 5.71. The lowest BCUT2D eigenvalue weighted by Crippen LogP contribution is -2.28. The summed E-state index contributed by atoms with van der Waals surface area (Å²) in [7, 11) is 0. The van der Waals surface area contributed by atoms with Crippen LogP contribution in [0.3, 0.4) is 0 Å². The van der Waals surface area contributed by atoms with E-state index in [-0.39, 0.29) is 12.5 Å². The number of furan rings is 1. The molecule has 100 valence electrons. The third-order valence-electron chi connectivity index (χ3n) is 3.02. The number of hydrogen-bond acceptors (Lipinski definition) is 3. The van der Waals surface area contributed by atoms with Crippen LogP contribution in [-0.2, 0) is 0 Å². The van der Waals surface area contributed by atoms with Crippen molar-refractivity contribution >= 4 is 5.91 Å². The third-order valence-corrected chi connectivity index (χ3v) is 3.02. The monoisotopic (exact) mass is 259 g/mol. The lowest BCUT2D eigenvalue weighted by molar-refractivity contribution is 0.0915. The highest BCUT2D eigenvalue weighted by Gasteiger charge is 2.13. The largest absolute Gasteiger partial charge is 0.472 e. The van der Waals surface area contributed by atoms with E-state index >= 15 is 0 Å². The Hall–Kier alpha value is -2.07. The second-order valence-electron chi connectivity index (χ2n) is 4.60. The zero-order valence-corrected chi connectivity index (χ0v) is 11.0. The molecule has 1 aromatic carbocycles. The van der Waals surface area contributed by atoms with Gasteiger partial charge in [-0.05, 0) is 31.5 Å². The number of rotatable bonds is 4. The van der Waals surface area contributed by atoms with Crippen LogP contribution < -0.4 is 5.32 Å². The first-order valence-electron chi connectivity index (χ1n) is 6.13. The molecule has 2 rings (SSSR count). The minimum absolute atomic E-state index is 0.158. The molecule has 1 unspecified atom stereocenters. The molecule has 4 nitrogen and oxygen atoms in total. The topological polar surface area (TPSA) is 62.5 Å². The van der Waals surface area contributed by atoms with Gasteiger partial charge >= 0.3 is 0 Å². The van der Waals surface area contributed by atoms with E-state index in [4.69, 9.17) is 4.42 Å². The van der Waals surface area contributed by atoms with Crippen molar-refractivity contribution in [3.8, 4) is 0 Å². The third kappa shape index (κ3) is 3.23. The first-order valence-corrected chi connectivity index (χ1v) is 6.13. The Bertz CT molecular complexity index is 561. The number of carbonyl (C=O) groups excluding carboxylic acids is 1. The Kier molecular flexibility index (Phi) is 4.02. The molecule has 4 heteroatoms. The van der Waals surface area contributed by atoms with Crippen LogP contribution in [0.25, 0.3) is 0 Å². The summed E-state index contributed by atoms with van der Waals surface area (Å²) < 4.78 is 4.89. The van der Waals surface area contributed by atoms with Gasteiger partial charge in [-0.3, -0.25) is 4.79 Å². The molecule has 1 amide bonds. The normalized spacial score (nSPS) is 12.2. The summed E-state index contributed by atoms with van der Waals surface area (Å²) in [4.78, 5) is 12.0. The van der Waals surface area contributed by atoms with Crippen LogP contribution >= 0.6 is 0 Å². The van der Waals surface area contributed by atoms with Crippen molar-refractivity contribution in [3.05, 3.63) is 59.0 Å². The Morgan fingerprint density at radius 2 is 2.16 bits per heavy atom. The molecule has 2 N–H and O–H groups in total. The minimum Gasteiger partial charge on any atom is -0.472 e. The van der Waals surface area contributed by atoms with Crippen molar-refractivity contribution in [2.75, 3.05) is 6.54 Å². The van der Waals surface area contributed by atoms with Crippen LogP contribution in [0.4, 0.5) is 0 Å². The molecule has 1 aromatic heterocycles. The molecule has 0 saturated carbocycles. The fourth-order valence-electron chi connectivity index (χ4n) is 1.85. The van der Waals surface area contributed by atoms with E-state index in [2.05, 4.69) is 5.32 Å². The van der Waals surface area contributed by atoms with Gasteiger partial charge in [0.25, 0.3) is 5.91 Å². The molecule has 0 saturated heterocycles. The molecule has 0 radical (unpaired) electrons. The number of nitrogens with one attached hydrogen (secondary N) is 1. The van der Waals surface area contributed by atoms with E-state index in [1.807, 2.05) is 32.0 Å². The lowest BCUT2D eigenvalue weighted by atomic mass is 10.0. The maximum Gasteiger partial charge on any atom is 0.251 e. The number of hydrogen-bond donors (Lipinski definition) is 2. The van der Waals surface area contributed by atoms with Crippen molar-refractivity contribution in [1.29, 1.82) is 0 Å². The Morgan fingerprint density at radius 1 is 1.37 bits per heavy atom. The van der Waals surface area contributed by atoms with Crippen molar-refractivity contribution < 1.29 is 14.3 Å². The van der Waals surface area contributed by atoms with Gasteiger partial charge in [-0.15, -0.1) is 0 Å². The highest BCUT2D eigenvalue weighted by molar-refractivity contribution is 5.95. The Morgan fingerprint density at radius 3 is 2.84 bits per heavy atom. The van der Waals surface area contributed by atoms with E-state index in [0.29, 0.717) is 11.1 Å². The van der Waals surface area contributed by atoms with Gasteiger partial charge in [0, 0.05) is 17.7 Å². The van der Waals surface area contributed by atoms with Crippen molar-refractivity contribution in [1.82, 2.24) is 5.32 Å². The van der Waals surface area contributed by atoms with Crippen molar-refractivity contribution in [2.24, 2.45) is 0 Å². The van der Waals surface area contributed by atoms with Gasteiger partial charge in [-0.1, -0.05) is 17.7 Å². The maximum atomic E-state index is 12.0. The van der Waals surface area contributed by atoms with E-state index < -0.39 is 6.10 Å². The Balaban J connectivity index is 2.00. The number of aliphatic hydroxyl groups excluding tert-OH is 1. The number of benzene rings is 1. The number of carbonyl (C=O) groups is 1. The van der Waals surface area contributed by atoms with E-state index in [9.17, 15) is 9.90 Å². The highest BCUT2D eigenvalue weighted by atomic mass is 16.3. The first kappa shape index (κ1) is 13.4. The molecule has 0 fully saturated rings. The maximum absolute atomic E-state index is 12.0. The summed E-state index contributed by atoms with van der Waals surface area (Å²) in [6.07, 6.45) is 2.20. The van der Waals surface area contributed by atoms with E-state index in [0.717, 1.165) is 11.1 Å². The number of aliphatic hydroxyl groups is 1. The lowest BCUT2D eigenvalue weighted by Gasteiger charge is -2.11. The molecule has 0 spiro atoms. The van der Waals surface area contributed by atoms with Gasteiger partial charge in [0.2, 0.25) is 0 Å². The highest BCUT2D eigenvalue weighted by Crippen LogP contribution is 2.13. The molecule has 2 aromatic rings. The molecule has 1 heterocycles. The standard InChI is InChI=1S/C15H17NO3/c1-10-3-4-11(2)13(7-10)15(18)16-8-14(17)12-5-6-19-9-12/h3-7,9,14,17H,8H2,1-2H3,(H,16,18). The minimum atomic E-state index is -0.757. The summed E-state index contributed by atoms with van der Waals surface area (Å²) in [6.45, 7) is 3.99. The van der Waals surface area contributed by atoms with Crippen molar-refractivity contribution in [3.63, 3.8) is 0 Å². The molecular weight excluding hydrogens is 242 g/mol. The van der Waals surface area contributed by atoms with Crippen LogP contribution in [0.1, 0.15) is 33.2 Å². The summed E-state index contributed by atoms with van der Waals surface area (Å²) in [6, 6.07) is 7.40. The van der Waals surface area contributed by atoms with Crippen molar-refractivity contribution in [2.45, 2.75) is 20.0 Å². The molecule has 19 heavy (non-hydrogen) atoms. The number of amides is 1. The SMILES string of the molecule is Cc1ccc(C)c(C(=O)NCC(O)c2ccoc2)c1. The van der Waals surface area contributed by atoms with Gasteiger partial charge in [-0.2, -0.15) is 0 Å². The molecule has 0 aliphatic heterocycles. The van der Waals surface area contributed by atoms with Crippen LogP contribution in [0.2, 0.25) is 0 Å². The van der Waals surface area contributed by atoms with Gasteiger partial charge in [0.05, 0.1) is 18.6 Å². The summed E-state index contributed by atoms with van der Waals surface area (Å²) >= 11 is 0. The van der Waals surface area contributed by atoms with Gasteiger partial charge in [0.15, 0.2) is 0 Å². The van der Waals surface area contributed by atoms with Gasteiger partial charge in [0.1, 0.15) is 0 Å². The fraction of sp³-hybridized carbons (Fsp3) is 0.267. The first-order chi connectivity index (χ1) is 9.08. The quantitative estimate of drug-likeness (QED) is 0.886. The predicted octanol–water partition coefficient (Wildman–Crippen LogP) is 2.36. The molecular formula is C15H17NO3. The van der Waals surface area contributed by atoms with Gasteiger partial charge < -0.3 is 14.8 Å². The summed E-state index contributed by atoms with van der Waals surface area (Å²) in [5, 5.41) is 12.6. The predicted molar refractivity (Wildman–Crippen MR) is 71.9 cm³/mol. The Labute approximate surface area is 112 Å².